The van der Waals surface area contributed by atoms with Crippen LogP contribution < -0.4 is 10.6 Å². The second-order valence-corrected chi connectivity index (χ2v) is 5.48. The molecule has 1 aliphatic rings. The minimum absolute atomic E-state index is 0.0485. The lowest BCUT2D eigenvalue weighted by Gasteiger charge is -2.25. The van der Waals surface area contributed by atoms with Crippen molar-refractivity contribution in [1.82, 2.24) is 15.2 Å². The molecule has 0 saturated carbocycles. The molecule has 3 heterocycles. The monoisotopic (exact) mass is 287 g/mol. The van der Waals surface area contributed by atoms with E-state index in [0.29, 0.717) is 12.6 Å². The third kappa shape index (κ3) is 3.19. The number of nitrogens with one attached hydrogen (secondary N) is 2. The number of furan rings is 1. The molecule has 21 heavy (non-hydrogen) atoms. The average Bonchev–Trinajstić information content (AvgIpc) is 3.14. The summed E-state index contributed by atoms with van der Waals surface area (Å²) in [6, 6.07) is 8.02. The van der Waals surface area contributed by atoms with Crippen LogP contribution >= 0.6 is 0 Å². The van der Waals surface area contributed by atoms with Crippen LogP contribution in [-0.4, -0.2) is 23.6 Å². The number of carbonyl (C=O) groups is 1. The van der Waals surface area contributed by atoms with E-state index in [1.807, 2.05) is 37.4 Å². The van der Waals surface area contributed by atoms with E-state index in [0.717, 1.165) is 43.1 Å². The molecule has 2 N–H and O–H groups in total. The maximum absolute atomic E-state index is 12.4. The van der Waals surface area contributed by atoms with Gasteiger partial charge in [-0.1, -0.05) is 0 Å². The van der Waals surface area contributed by atoms with Gasteiger partial charge in [-0.15, -0.1) is 0 Å². The van der Waals surface area contributed by atoms with Gasteiger partial charge in [0.1, 0.15) is 17.2 Å². The van der Waals surface area contributed by atoms with E-state index in [9.17, 15) is 4.79 Å². The van der Waals surface area contributed by atoms with Gasteiger partial charge in [0.25, 0.3) is 5.91 Å². The number of nitrogens with zero attached hydrogens (tertiary/aromatic N) is 1. The summed E-state index contributed by atoms with van der Waals surface area (Å²) in [4.78, 5) is 12.4. The van der Waals surface area contributed by atoms with Crippen molar-refractivity contribution >= 4 is 5.91 Å². The molecule has 0 aromatic carbocycles. The molecule has 3 rings (SSSR count). The van der Waals surface area contributed by atoms with Crippen LogP contribution in [0.2, 0.25) is 0 Å². The number of aromatic nitrogens is 1. The molecule has 0 atom stereocenters. The summed E-state index contributed by atoms with van der Waals surface area (Å²) in [5.74, 6) is 1.59. The molecule has 0 bridgehead atoms. The fraction of sp³-hybridized carbons (Fsp3) is 0.438. The Morgan fingerprint density at radius 3 is 2.90 bits per heavy atom. The normalized spacial score (nSPS) is 16.0. The van der Waals surface area contributed by atoms with Gasteiger partial charge in [0, 0.05) is 12.2 Å². The maximum Gasteiger partial charge on any atom is 0.268 e. The third-order valence-corrected chi connectivity index (χ3v) is 3.93. The van der Waals surface area contributed by atoms with E-state index in [-0.39, 0.29) is 5.91 Å². The number of amides is 1. The fourth-order valence-corrected chi connectivity index (χ4v) is 2.83. The molecule has 2 aromatic rings. The number of carbonyl (C=O) groups excluding carboxylic acids is 1. The molecule has 0 aliphatic carbocycles. The van der Waals surface area contributed by atoms with Crippen molar-refractivity contribution < 1.29 is 9.21 Å². The van der Waals surface area contributed by atoms with Gasteiger partial charge >= 0.3 is 0 Å². The molecule has 2 aromatic heterocycles. The van der Waals surface area contributed by atoms with Crippen molar-refractivity contribution in [2.24, 2.45) is 0 Å². The van der Waals surface area contributed by atoms with Crippen molar-refractivity contribution in [2.45, 2.75) is 32.4 Å². The van der Waals surface area contributed by atoms with E-state index in [2.05, 4.69) is 15.2 Å². The summed E-state index contributed by atoms with van der Waals surface area (Å²) in [6.07, 6.45) is 4.13. The lowest BCUT2D eigenvalue weighted by atomic mass is 10.1. The molecule has 1 fully saturated rings. The highest BCUT2D eigenvalue weighted by Crippen LogP contribution is 2.21. The van der Waals surface area contributed by atoms with Gasteiger partial charge in [-0.3, -0.25) is 4.79 Å². The van der Waals surface area contributed by atoms with E-state index in [1.165, 1.54) is 0 Å². The van der Waals surface area contributed by atoms with Crippen LogP contribution in [0.5, 0.6) is 0 Å². The van der Waals surface area contributed by atoms with Crippen LogP contribution in [0.15, 0.2) is 34.9 Å². The van der Waals surface area contributed by atoms with Gasteiger partial charge in [0.05, 0.1) is 6.54 Å². The van der Waals surface area contributed by atoms with Gasteiger partial charge in [-0.2, -0.15) is 0 Å². The minimum Gasteiger partial charge on any atom is -0.465 e. The third-order valence-electron chi connectivity index (χ3n) is 3.93. The van der Waals surface area contributed by atoms with Crippen molar-refractivity contribution in [1.29, 1.82) is 0 Å². The lowest BCUT2D eigenvalue weighted by molar-refractivity contribution is 0.0935. The summed E-state index contributed by atoms with van der Waals surface area (Å²) in [5.41, 5.74) is 0.727. The van der Waals surface area contributed by atoms with Crippen LogP contribution in [0.3, 0.4) is 0 Å². The summed E-state index contributed by atoms with van der Waals surface area (Å²) in [6.45, 7) is 4.34. The minimum atomic E-state index is -0.0485. The first-order chi connectivity index (χ1) is 10.2. The maximum atomic E-state index is 12.4. The topological polar surface area (TPSA) is 59.2 Å². The van der Waals surface area contributed by atoms with Crippen LogP contribution in [0.25, 0.3) is 0 Å². The Bertz CT molecular complexity index is 609. The quantitative estimate of drug-likeness (QED) is 0.906. The van der Waals surface area contributed by atoms with Gasteiger partial charge in [-0.25, -0.2) is 0 Å². The van der Waals surface area contributed by atoms with Crippen molar-refractivity contribution in [2.75, 3.05) is 13.1 Å². The molecule has 0 radical (unpaired) electrons. The number of hydrogen-bond acceptors (Lipinski definition) is 3. The molecule has 1 amide bonds. The van der Waals surface area contributed by atoms with Crippen LogP contribution in [0.4, 0.5) is 0 Å². The number of aryl methyl sites for hydroxylation is 1. The lowest BCUT2D eigenvalue weighted by Crippen LogP contribution is -2.32. The number of piperidine rings is 1. The van der Waals surface area contributed by atoms with Crippen molar-refractivity contribution in [3.05, 3.63) is 47.7 Å². The first-order valence-corrected chi connectivity index (χ1v) is 7.45. The van der Waals surface area contributed by atoms with Gasteiger partial charge in [0.15, 0.2) is 0 Å². The second-order valence-electron chi connectivity index (χ2n) is 5.48. The summed E-state index contributed by atoms with van der Waals surface area (Å²) in [5, 5.41) is 6.27. The van der Waals surface area contributed by atoms with E-state index in [4.69, 9.17) is 4.42 Å². The Morgan fingerprint density at radius 1 is 1.38 bits per heavy atom. The average molecular weight is 287 g/mol. The zero-order chi connectivity index (χ0) is 14.7. The highest BCUT2D eigenvalue weighted by Gasteiger charge is 2.19. The molecule has 5 heteroatoms. The largest absolute Gasteiger partial charge is 0.465 e. The SMILES string of the molecule is Cc1ccc(CNC(=O)c2cccn2C2CCNCC2)o1. The highest BCUT2D eigenvalue weighted by atomic mass is 16.3. The smallest absolute Gasteiger partial charge is 0.268 e. The Labute approximate surface area is 124 Å². The summed E-state index contributed by atoms with van der Waals surface area (Å²) in [7, 11) is 0. The van der Waals surface area contributed by atoms with E-state index < -0.39 is 0 Å². The Kier molecular flexibility index (Phi) is 4.10. The highest BCUT2D eigenvalue weighted by molar-refractivity contribution is 5.92. The van der Waals surface area contributed by atoms with Crippen LogP contribution in [0, 0.1) is 6.92 Å². The van der Waals surface area contributed by atoms with E-state index >= 15 is 0 Å². The number of rotatable bonds is 4. The van der Waals surface area contributed by atoms with Gasteiger partial charge in [-0.05, 0) is 57.1 Å². The molecule has 5 nitrogen and oxygen atoms in total. The Hall–Kier alpha value is -2.01. The zero-order valence-electron chi connectivity index (χ0n) is 12.3. The first kappa shape index (κ1) is 13.9. The van der Waals surface area contributed by atoms with Crippen LogP contribution in [-0.2, 0) is 6.54 Å². The second kappa shape index (κ2) is 6.18. The first-order valence-electron chi connectivity index (χ1n) is 7.45. The van der Waals surface area contributed by atoms with Gasteiger partial charge < -0.3 is 19.6 Å². The number of hydrogen-bond donors (Lipinski definition) is 2. The molecule has 1 saturated heterocycles. The van der Waals surface area contributed by atoms with Gasteiger partial charge in [0.2, 0.25) is 0 Å². The summed E-state index contributed by atoms with van der Waals surface area (Å²) < 4.78 is 7.57. The Morgan fingerprint density at radius 2 is 2.19 bits per heavy atom. The predicted molar refractivity (Wildman–Crippen MR) is 80.2 cm³/mol. The Balaban J connectivity index is 1.65. The molecular weight excluding hydrogens is 266 g/mol. The molecule has 0 unspecified atom stereocenters. The molecule has 112 valence electrons. The van der Waals surface area contributed by atoms with Crippen molar-refractivity contribution in [3.8, 4) is 0 Å². The van der Waals surface area contributed by atoms with E-state index in [1.54, 1.807) is 0 Å². The zero-order valence-corrected chi connectivity index (χ0v) is 12.3. The predicted octanol–water partition coefficient (Wildman–Crippen LogP) is 2.24. The molecular formula is C16H21N3O2. The standard InChI is InChI=1S/C16H21N3O2/c1-12-4-5-14(21-12)11-18-16(20)15-3-2-10-19(15)13-6-8-17-9-7-13/h2-5,10,13,17H,6-9,11H2,1H3,(H,18,20). The summed E-state index contributed by atoms with van der Waals surface area (Å²) >= 11 is 0. The molecule has 0 spiro atoms. The molecule has 1 aliphatic heterocycles. The fourth-order valence-electron chi connectivity index (χ4n) is 2.83. The van der Waals surface area contributed by atoms with Crippen LogP contribution in [0.1, 0.15) is 40.9 Å². The van der Waals surface area contributed by atoms with Crippen molar-refractivity contribution in [3.63, 3.8) is 0 Å².